The van der Waals surface area contributed by atoms with Crippen LogP contribution in [0, 0.1) is 13.8 Å². The third-order valence-corrected chi connectivity index (χ3v) is 3.26. The zero-order chi connectivity index (χ0) is 14.9. The molecule has 0 aliphatic heterocycles. The molecule has 104 valence electrons. The van der Waals surface area contributed by atoms with Crippen LogP contribution in [-0.4, -0.2) is 6.03 Å². The maximum absolute atomic E-state index is 11.8. The van der Waals surface area contributed by atoms with Crippen molar-refractivity contribution >= 4 is 28.8 Å². The molecule has 2 aromatic rings. The van der Waals surface area contributed by atoms with Gasteiger partial charge in [0.05, 0.1) is 11.4 Å². The van der Waals surface area contributed by atoms with Gasteiger partial charge in [-0.2, -0.15) is 0 Å². The van der Waals surface area contributed by atoms with Crippen molar-refractivity contribution in [2.75, 3.05) is 16.4 Å². The van der Waals surface area contributed by atoms with Crippen molar-refractivity contribution in [3.8, 4) is 0 Å². The molecule has 0 spiro atoms. The summed E-state index contributed by atoms with van der Waals surface area (Å²) in [6.45, 7) is 3.80. The Kier molecular flexibility index (Phi) is 3.52. The van der Waals surface area contributed by atoms with Crippen LogP contribution in [0.1, 0.15) is 11.1 Å². The molecule has 6 N–H and O–H groups in total. The van der Waals surface area contributed by atoms with Gasteiger partial charge in [-0.1, -0.05) is 12.1 Å². The number of carbonyl (C=O) groups excluding carboxylic acids is 1. The van der Waals surface area contributed by atoms with Gasteiger partial charge in [-0.05, 0) is 49.2 Å². The lowest BCUT2D eigenvalue weighted by Crippen LogP contribution is -2.31. The van der Waals surface area contributed by atoms with Crippen molar-refractivity contribution in [1.29, 1.82) is 0 Å². The first-order valence-electron chi connectivity index (χ1n) is 6.22. The number of carbonyl (C=O) groups is 1. The Morgan fingerprint density at radius 2 is 1.30 bits per heavy atom. The second-order valence-corrected chi connectivity index (χ2v) is 4.76. The third kappa shape index (κ3) is 2.51. The van der Waals surface area contributed by atoms with Crippen molar-refractivity contribution in [2.24, 2.45) is 5.73 Å². The summed E-state index contributed by atoms with van der Waals surface area (Å²) < 4.78 is 0. The van der Waals surface area contributed by atoms with E-state index in [0.29, 0.717) is 22.7 Å². The number of primary amides is 1. The van der Waals surface area contributed by atoms with Gasteiger partial charge >= 0.3 is 6.03 Å². The Balaban J connectivity index is 2.53. The first-order chi connectivity index (χ1) is 9.40. The maximum Gasteiger partial charge on any atom is 0.323 e. The van der Waals surface area contributed by atoms with Crippen molar-refractivity contribution < 1.29 is 4.79 Å². The number of anilines is 4. The second kappa shape index (κ2) is 5.13. The van der Waals surface area contributed by atoms with Crippen molar-refractivity contribution in [1.82, 2.24) is 0 Å². The topological polar surface area (TPSA) is 98.4 Å². The molecule has 20 heavy (non-hydrogen) atoms. The molecule has 0 saturated heterocycles. The van der Waals surface area contributed by atoms with Crippen LogP contribution >= 0.6 is 0 Å². The molecule has 0 radical (unpaired) electrons. The van der Waals surface area contributed by atoms with E-state index in [9.17, 15) is 4.79 Å². The first kappa shape index (κ1) is 13.7. The van der Waals surface area contributed by atoms with Crippen LogP contribution in [0.5, 0.6) is 0 Å². The average Bonchev–Trinajstić information content (AvgIpc) is 2.38. The monoisotopic (exact) mass is 270 g/mol. The summed E-state index contributed by atoms with van der Waals surface area (Å²) in [6.07, 6.45) is 0. The Labute approximate surface area is 118 Å². The van der Waals surface area contributed by atoms with Crippen LogP contribution in [0.25, 0.3) is 0 Å². The van der Waals surface area contributed by atoms with Crippen LogP contribution in [-0.2, 0) is 0 Å². The molecule has 2 aromatic carbocycles. The normalized spacial score (nSPS) is 10.3. The summed E-state index contributed by atoms with van der Waals surface area (Å²) in [6, 6.07) is 10.1. The van der Waals surface area contributed by atoms with Gasteiger partial charge in [-0.3, -0.25) is 4.90 Å². The lowest BCUT2D eigenvalue weighted by Gasteiger charge is -2.22. The molecule has 0 atom stereocenters. The van der Waals surface area contributed by atoms with E-state index >= 15 is 0 Å². The first-order valence-corrected chi connectivity index (χ1v) is 6.22. The quantitative estimate of drug-likeness (QED) is 0.731. The fourth-order valence-electron chi connectivity index (χ4n) is 1.94. The number of nitrogens with zero attached hydrogens (tertiary/aromatic N) is 1. The predicted molar refractivity (Wildman–Crippen MR) is 82.9 cm³/mol. The van der Waals surface area contributed by atoms with Crippen LogP contribution in [0.2, 0.25) is 0 Å². The van der Waals surface area contributed by atoms with E-state index < -0.39 is 6.03 Å². The lowest BCUT2D eigenvalue weighted by atomic mass is 10.1. The lowest BCUT2D eigenvalue weighted by molar-refractivity contribution is 0.256. The summed E-state index contributed by atoms with van der Waals surface area (Å²) in [5, 5.41) is 0. The summed E-state index contributed by atoms with van der Waals surface area (Å²) in [5.41, 5.74) is 21.6. The Bertz CT molecular complexity index is 615. The predicted octanol–water partition coefficient (Wildman–Crippen LogP) is 2.68. The minimum Gasteiger partial charge on any atom is -0.398 e. The van der Waals surface area contributed by atoms with E-state index in [2.05, 4.69) is 0 Å². The molecule has 0 aromatic heterocycles. The van der Waals surface area contributed by atoms with Crippen LogP contribution < -0.4 is 22.1 Å². The van der Waals surface area contributed by atoms with Gasteiger partial charge < -0.3 is 17.2 Å². The van der Waals surface area contributed by atoms with E-state index in [1.54, 1.807) is 24.3 Å². The highest BCUT2D eigenvalue weighted by Gasteiger charge is 2.16. The minimum absolute atomic E-state index is 0.587. The van der Waals surface area contributed by atoms with Gasteiger partial charge in [0.15, 0.2) is 0 Å². The number of aryl methyl sites for hydroxylation is 2. The SMILES string of the molecule is Cc1ccc(N(C(N)=O)c2ccc(C)c(N)c2)cc1N. The van der Waals surface area contributed by atoms with Crippen molar-refractivity contribution in [3.63, 3.8) is 0 Å². The second-order valence-electron chi connectivity index (χ2n) is 4.76. The highest BCUT2D eigenvalue weighted by atomic mass is 16.2. The molecule has 0 aliphatic rings. The Morgan fingerprint density at radius 1 is 0.900 bits per heavy atom. The molecular weight excluding hydrogens is 252 g/mol. The third-order valence-electron chi connectivity index (χ3n) is 3.26. The van der Waals surface area contributed by atoms with E-state index in [4.69, 9.17) is 17.2 Å². The molecule has 0 fully saturated rings. The number of rotatable bonds is 2. The average molecular weight is 270 g/mol. The Morgan fingerprint density at radius 3 is 1.60 bits per heavy atom. The fraction of sp³-hybridized carbons (Fsp3) is 0.133. The van der Waals surface area contributed by atoms with Gasteiger partial charge in [0.1, 0.15) is 0 Å². The number of hydrogen-bond donors (Lipinski definition) is 3. The zero-order valence-corrected chi connectivity index (χ0v) is 11.6. The number of nitrogen functional groups attached to an aromatic ring is 2. The van der Waals surface area contributed by atoms with Crippen LogP contribution in [0.4, 0.5) is 27.5 Å². The summed E-state index contributed by atoms with van der Waals surface area (Å²) in [7, 11) is 0. The van der Waals surface area contributed by atoms with Crippen LogP contribution in [0.15, 0.2) is 36.4 Å². The van der Waals surface area contributed by atoms with Gasteiger partial charge in [0.2, 0.25) is 0 Å². The zero-order valence-electron chi connectivity index (χ0n) is 11.6. The van der Waals surface area contributed by atoms with E-state index in [0.717, 1.165) is 11.1 Å². The number of urea groups is 1. The summed E-state index contributed by atoms with van der Waals surface area (Å²) >= 11 is 0. The summed E-state index contributed by atoms with van der Waals surface area (Å²) in [4.78, 5) is 13.1. The van der Waals surface area contributed by atoms with E-state index in [1.165, 1.54) is 4.90 Å². The molecule has 0 unspecified atom stereocenters. The highest BCUT2D eigenvalue weighted by molar-refractivity contribution is 5.99. The van der Waals surface area contributed by atoms with E-state index in [-0.39, 0.29) is 0 Å². The largest absolute Gasteiger partial charge is 0.398 e. The van der Waals surface area contributed by atoms with Crippen molar-refractivity contribution in [2.45, 2.75) is 13.8 Å². The van der Waals surface area contributed by atoms with Gasteiger partial charge in [0, 0.05) is 11.4 Å². The van der Waals surface area contributed by atoms with Gasteiger partial charge in [-0.25, -0.2) is 4.79 Å². The minimum atomic E-state index is -0.587. The molecular formula is C15H18N4O. The molecule has 5 nitrogen and oxygen atoms in total. The molecule has 2 rings (SSSR count). The van der Waals surface area contributed by atoms with Gasteiger partial charge in [0.25, 0.3) is 0 Å². The molecule has 2 amide bonds. The number of hydrogen-bond acceptors (Lipinski definition) is 3. The summed E-state index contributed by atoms with van der Waals surface area (Å²) in [5.74, 6) is 0. The Hall–Kier alpha value is -2.69. The van der Waals surface area contributed by atoms with E-state index in [1.807, 2.05) is 26.0 Å². The molecule has 5 heteroatoms. The number of benzene rings is 2. The number of amides is 2. The number of nitrogens with two attached hydrogens (primary N) is 3. The standard InChI is InChI=1S/C15H18N4O/c1-9-3-5-11(7-13(9)16)19(15(18)20)12-6-4-10(2)14(17)8-12/h3-8H,16-17H2,1-2H3,(H2,18,20). The molecule has 0 heterocycles. The van der Waals surface area contributed by atoms with Crippen molar-refractivity contribution in [3.05, 3.63) is 47.5 Å². The maximum atomic E-state index is 11.8. The van der Waals surface area contributed by atoms with Crippen LogP contribution in [0.3, 0.4) is 0 Å². The molecule has 0 bridgehead atoms. The fourth-order valence-corrected chi connectivity index (χ4v) is 1.94. The van der Waals surface area contributed by atoms with Gasteiger partial charge in [-0.15, -0.1) is 0 Å². The molecule has 0 aliphatic carbocycles. The molecule has 0 saturated carbocycles. The smallest absolute Gasteiger partial charge is 0.323 e. The highest BCUT2D eigenvalue weighted by Crippen LogP contribution is 2.30.